The number of hydrogen-bond donors (Lipinski definition) is 1. The summed E-state index contributed by atoms with van der Waals surface area (Å²) in [7, 11) is 0. The van der Waals surface area contributed by atoms with E-state index in [2.05, 4.69) is 17.2 Å². The average molecular weight is 354 g/mol. The second-order valence-corrected chi connectivity index (χ2v) is 7.05. The first-order valence-corrected chi connectivity index (χ1v) is 9.45. The SMILES string of the molecule is CCCOc1cccc(CC(=O)NC2=CSC(c3ccncc3)C2)c1. The zero-order valence-corrected chi connectivity index (χ0v) is 15.1. The first-order valence-electron chi connectivity index (χ1n) is 8.50. The van der Waals surface area contributed by atoms with Crippen LogP contribution in [0.1, 0.15) is 36.1 Å². The van der Waals surface area contributed by atoms with Crippen LogP contribution in [0.4, 0.5) is 0 Å². The summed E-state index contributed by atoms with van der Waals surface area (Å²) in [5.41, 5.74) is 3.18. The molecule has 1 aromatic heterocycles. The van der Waals surface area contributed by atoms with E-state index >= 15 is 0 Å². The number of amides is 1. The summed E-state index contributed by atoms with van der Waals surface area (Å²) in [5, 5.41) is 5.43. The Bertz CT molecular complexity index is 746. The van der Waals surface area contributed by atoms with Crippen molar-refractivity contribution in [3.63, 3.8) is 0 Å². The fourth-order valence-electron chi connectivity index (χ4n) is 2.69. The maximum atomic E-state index is 12.3. The Morgan fingerprint density at radius 3 is 2.96 bits per heavy atom. The fourth-order valence-corrected chi connectivity index (χ4v) is 3.76. The topological polar surface area (TPSA) is 51.2 Å². The van der Waals surface area contributed by atoms with Gasteiger partial charge in [0, 0.05) is 29.8 Å². The molecule has 2 heterocycles. The molecule has 1 aromatic carbocycles. The Hall–Kier alpha value is -2.27. The second kappa shape index (κ2) is 8.72. The zero-order valence-electron chi connectivity index (χ0n) is 14.3. The lowest BCUT2D eigenvalue weighted by Gasteiger charge is -2.11. The van der Waals surface area contributed by atoms with Crippen LogP contribution in [-0.2, 0) is 11.2 Å². The highest BCUT2D eigenvalue weighted by Gasteiger charge is 2.20. The quantitative estimate of drug-likeness (QED) is 0.808. The predicted molar refractivity (Wildman–Crippen MR) is 101 cm³/mol. The first-order chi connectivity index (χ1) is 12.2. The van der Waals surface area contributed by atoms with Crippen molar-refractivity contribution in [1.82, 2.24) is 10.3 Å². The third-order valence-corrected chi connectivity index (χ3v) is 5.08. The van der Waals surface area contributed by atoms with E-state index in [1.807, 2.05) is 41.8 Å². The fraction of sp³-hybridized carbons (Fsp3) is 0.300. The molecule has 130 valence electrons. The monoisotopic (exact) mass is 354 g/mol. The van der Waals surface area contributed by atoms with Crippen LogP contribution in [0.3, 0.4) is 0 Å². The molecule has 25 heavy (non-hydrogen) atoms. The molecule has 2 aromatic rings. The van der Waals surface area contributed by atoms with Crippen molar-refractivity contribution in [3.05, 3.63) is 71.0 Å². The van der Waals surface area contributed by atoms with Gasteiger partial charge in [0.2, 0.25) is 5.91 Å². The molecule has 1 amide bonds. The van der Waals surface area contributed by atoms with Crippen LogP contribution >= 0.6 is 11.8 Å². The lowest BCUT2D eigenvalue weighted by Crippen LogP contribution is -2.24. The Kier molecular flexibility index (Phi) is 6.12. The van der Waals surface area contributed by atoms with E-state index in [9.17, 15) is 4.79 Å². The van der Waals surface area contributed by atoms with Crippen LogP contribution < -0.4 is 10.1 Å². The van der Waals surface area contributed by atoms with Gasteiger partial charge >= 0.3 is 0 Å². The standard InChI is InChI=1S/C20H22N2O2S/c1-2-10-24-18-5-3-4-15(11-18)12-20(23)22-17-13-19(25-14-17)16-6-8-21-9-7-16/h3-9,11,14,19H,2,10,12-13H2,1H3,(H,22,23). The third-order valence-electron chi connectivity index (χ3n) is 3.89. The maximum Gasteiger partial charge on any atom is 0.228 e. The first kappa shape index (κ1) is 17.5. The second-order valence-electron chi connectivity index (χ2n) is 5.97. The highest BCUT2D eigenvalue weighted by atomic mass is 32.2. The van der Waals surface area contributed by atoms with Crippen molar-refractivity contribution in [1.29, 1.82) is 0 Å². The van der Waals surface area contributed by atoms with Gasteiger partial charge in [0.1, 0.15) is 5.75 Å². The molecule has 0 spiro atoms. The van der Waals surface area contributed by atoms with Crippen molar-refractivity contribution >= 4 is 17.7 Å². The summed E-state index contributed by atoms with van der Waals surface area (Å²) < 4.78 is 5.62. The van der Waals surface area contributed by atoms with Crippen LogP contribution in [0.15, 0.2) is 59.9 Å². The summed E-state index contributed by atoms with van der Waals surface area (Å²) in [6.07, 6.45) is 5.76. The number of ether oxygens (including phenoxy) is 1. The molecule has 0 radical (unpaired) electrons. The van der Waals surface area contributed by atoms with Crippen LogP contribution in [-0.4, -0.2) is 17.5 Å². The summed E-state index contributed by atoms with van der Waals surface area (Å²) in [6.45, 7) is 2.76. The number of nitrogens with zero attached hydrogens (tertiary/aromatic N) is 1. The van der Waals surface area contributed by atoms with Crippen LogP contribution in [0.25, 0.3) is 0 Å². The number of pyridine rings is 1. The summed E-state index contributed by atoms with van der Waals surface area (Å²) in [4.78, 5) is 16.4. The summed E-state index contributed by atoms with van der Waals surface area (Å²) in [6, 6.07) is 11.8. The number of rotatable bonds is 7. The molecule has 1 unspecified atom stereocenters. The number of nitrogens with one attached hydrogen (secondary N) is 1. The maximum absolute atomic E-state index is 12.3. The number of benzene rings is 1. The van der Waals surface area contributed by atoms with E-state index in [1.54, 1.807) is 24.2 Å². The minimum atomic E-state index is 0.00914. The lowest BCUT2D eigenvalue weighted by atomic mass is 10.1. The minimum Gasteiger partial charge on any atom is -0.494 e. The average Bonchev–Trinajstić information content (AvgIpc) is 3.09. The van der Waals surface area contributed by atoms with Gasteiger partial charge in [-0.3, -0.25) is 9.78 Å². The van der Waals surface area contributed by atoms with E-state index < -0.39 is 0 Å². The highest BCUT2D eigenvalue weighted by molar-refractivity contribution is 8.02. The summed E-state index contributed by atoms with van der Waals surface area (Å²) in [5.74, 6) is 0.829. The molecule has 0 saturated heterocycles. The summed E-state index contributed by atoms with van der Waals surface area (Å²) >= 11 is 1.74. The Morgan fingerprint density at radius 1 is 1.32 bits per heavy atom. The molecule has 0 fully saturated rings. The molecule has 0 aliphatic carbocycles. The number of thioether (sulfide) groups is 1. The zero-order chi connectivity index (χ0) is 17.5. The molecule has 1 atom stereocenters. The Morgan fingerprint density at radius 2 is 2.16 bits per heavy atom. The van der Waals surface area contributed by atoms with Gasteiger partial charge in [-0.15, -0.1) is 11.8 Å². The van der Waals surface area contributed by atoms with Crippen molar-refractivity contribution in [2.45, 2.75) is 31.4 Å². The van der Waals surface area contributed by atoms with Gasteiger partial charge in [0.25, 0.3) is 0 Å². The van der Waals surface area contributed by atoms with Crippen LogP contribution in [0.5, 0.6) is 5.75 Å². The van der Waals surface area contributed by atoms with E-state index in [4.69, 9.17) is 4.74 Å². The molecule has 4 nitrogen and oxygen atoms in total. The Labute approximate surface area is 152 Å². The smallest absolute Gasteiger partial charge is 0.228 e. The molecule has 5 heteroatoms. The van der Waals surface area contributed by atoms with Gasteiger partial charge in [0.15, 0.2) is 0 Å². The van der Waals surface area contributed by atoms with Crippen molar-refractivity contribution in [2.75, 3.05) is 6.61 Å². The largest absolute Gasteiger partial charge is 0.494 e. The number of aromatic nitrogens is 1. The highest BCUT2D eigenvalue weighted by Crippen LogP contribution is 2.41. The number of hydrogen-bond acceptors (Lipinski definition) is 4. The molecule has 0 bridgehead atoms. The predicted octanol–water partition coefficient (Wildman–Crippen LogP) is 4.25. The third kappa shape index (κ3) is 5.10. The number of carbonyl (C=O) groups is 1. The molecular formula is C20H22N2O2S. The molecule has 1 aliphatic rings. The normalized spacial score (nSPS) is 16.4. The van der Waals surface area contributed by atoms with Crippen molar-refractivity contribution < 1.29 is 9.53 Å². The molecule has 3 rings (SSSR count). The molecule has 0 saturated carbocycles. The lowest BCUT2D eigenvalue weighted by molar-refractivity contribution is -0.119. The van der Waals surface area contributed by atoms with Gasteiger partial charge in [-0.1, -0.05) is 19.1 Å². The molecule has 1 aliphatic heterocycles. The van der Waals surface area contributed by atoms with Gasteiger partial charge < -0.3 is 10.1 Å². The van der Waals surface area contributed by atoms with E-state index in [-0.39, 0.29) is 5.91 Å². The van der Waals surface area contributed by atoms with Gasteiger partial charge in [-0.25, -0.2) is 0 Å². The van der Waals surface area contributed by atoms with Crippen LogP contribution in [0, 0.1) is 0 Å². The van der Waals surface area contributed by atoms with E-state index in [1.165, 1.54) is 5.56 Å². The van der Waals surface area contributed by atoms with Gasteiger partial charge in [-0.2, -0.15) is 0 Å². The van der Waals surface area contributed by atoms with Crippen molar-refractivity contribution in [2.24, 2.45) is 0 Å². The van der Waals surface area contributed by atoms with Gasteiger partial charge in [-0.05, 0) is 47.2 Å². The molecule has 1 N–H and O–H groups in total. The number of carbonyl (C=O) groups excluding carboxylic acids is 1. The Balaban J connectivity index is 1.52. The van der Waals surface area contributed by atoms with Crippen molar-refractivity contribution in [3.8, 4) is 5.75 Å². The minimum absolute atomic E-state index is 0.00914. The van der Waals surface area contributed by atoms with Crippen LogP contribution in [0.2, 0.25) is 0 Å². The molecular weight excluding hydrogens is 332 g/mol. The van der Waals surface area contributed by atoms with E-state index in [0.29, 0.717) is 18.3 Å². The van der Waals surface area contributed by atoms with E-state index in [0.717, 1.165) is 29.9 Å². The number of allylic oxidation sites excluding steroid dienone is 1. The van der Waals surface area contributed by atoms with Gasteiger partial charge in [0.05, 0.1) is 13.0 Å².